The van der Waals surface area contributed by atoms with Crippen LogP contribution in [-0.2, 0) is 5.41 Å². The maximum Gasteiger partial charge on any atom is 0.164 e. The summed E-state index contributed by atoms with van der Waals surface area (Å²) >= 11 is 1.81. The molecular formula is C52H31N3S. The SMILES string of the molecule is c1ccc(-c2nc(-c3ccc4c(c3)sc3ccccc34)nc(-c3ccccc3-c3cccc4c3-c3ccccc3C43c4ccccc4-c4ccccc43)n2)cc1. The Labute approximate surface area is 328 Å². The lowest BCUT2D eigenvalue weighted by Gasteiger charge is -2.30. The van der Waals surface area contributed by atoms with E-state index in [0.717, 1.165) is 22.3 Å². The molecule has 3 nitrogen and oxygen atoms in total. The minimum Gasteiger partial charge on any atom is -0.208 e. The first-order valence-corrected chi connectivity index (χ1v) is 19.8. The fourth-order valence-electron chi connectivity index (χ4n) is 9.49. The average Bonchev–Trinajstić information content (AvgIpc) is 3.90. The Kier molecular flexibility index (Phi) is 6.72. The van der Waals surface area contributed by atoms with E-state index in [1.165, 1.54) is 70.2 Å². The number of aromatic nitrogens is 3. The summed E-state index contributed by atoms with van der Waals surface area (Å²) < 4.78 is 2.49. The standard InChI is InChI=1S/C52H31N3S/c1-2-15-32(16-3-1)49-53-50(33-29-30-38-37-20-9-13-28-46(37)56-47(38)31-33)55-51(54-49)40-21-5-4-17-34(40)39-23-14-27-45-48(39)41-22-8-12-26-44(41)52(45)42-24-10-6-18-35(42)36-19-7-11-25-43(36)52/h1-31H. The van der Waals surface area contributed by atoms with E-state index in [0.29, 0.717) is 17.5 Å². The molecule has 0 atom stereocenters. The summed E-state index contributed by atoms with van der Waals surface area (Å²) in [5.74, 6) is 1.96. The van der Waals surface area contributed by atoms with Crippen LogP contribution in [0.15, 0.2) is 188 Å². The molecule has 0 radical (unpaired) electrons. The fourth-order valence-corrected chi connectivity index (χ4v) is 10.6. The van der Waals surface area contributed by atoms with Crippen LogP contribution in [0.5, 0.6) is 0 Å². The Balaban J connectivity index is 1.09. The molecule has 4 heteroatoms. The molecule has 0 bridgehead atoms. The molecule has 0 amide bonds. The van der Waals surface area contributed by atoms with Crippen molar-refractivity contribution in [2.24, 2.45) is 0 Å². The molecule has 56 heavy (non-hydrogen) atoms. The Bertz CT molecular complexity index is 3170. The molecule has 10 aromatic rings. The van der Waals surface area contributed by atoms with Gasteiger partial charge in [0.1, 0.15) is 0 Å². The van der Waals surface area contributed by atoms with Crippen molar-refractivity contribution in [1.82, 2.24) is 15.0 Å². The van der Waals surface area contributed by atoms with Gasteiger partial charge in [-0.05, 0) is 67.8 Å². The largest absolute Gasteiger partial charge is 0.208 e. The Morgan fingerprint density at radius 3 is 1.59 bits per heavy atom. The van der Waals surface area contributed by atoms with Crippen LogP contribution in [0, 0.1) is 0 Å². The molecule has 2 aliphatic carbocycles. The molecule has 0 saturated heterocycles. The number of benzene rings is 8. The highest BCUT2D eigenvalue weighted by molar-refractivity contribution is 7.25. The van der Waals surface area contributed by atoms with Crippen LogP contribution >= 0.6 is 11.3 Å². The zero-order valence-corrected chi connectivity index (χ0v) is 31.0. The normalized spacial score (nSPS) is 13.1. The predicted octanol–water partition coefficient (Wildman–Crippen LogP) is 13.3. The van der Waals surface area contributed by atoms with Crippen molar-refractivity contribution in [1.29, 1.82) is 0 Å². The van der Waals surface area contributed by atoms with Crippen molar-refractivity contribution in [3.8, 4) is 67.5 Å². The number of nitrogens with zero attached hydrogens (tertiary/aromatic N) is 3. The lowest BCUT2D eigenvalue weighted by molar-refractivity contribution is 0.794. The summed E-state index contributed by atoms with van der Waals surface area (Å²) in [7, 11) is 0. The van der Waals surface area contributed by atoms with Gasteiger partial charge in [0.2, 0.25) is 0 Å². The highest BCUT2D eigenvalue weighted by Gasteiger charge is 2.52. The summed E-state index contributed by atoms with van der Waals surface area (Å²) in [6, 6.07) is 67.8. The smallest absolute Gasteiger partial charge is 0.164 e. The first-order valence-electron chi connectivity index (χ1n) is 19.0. The highest BCUT2D eigenvalue weighted by atomic mass is 32.1. The number of thiophene rings is 1. The molecule has 0 unspecified atom stereocenters. The summed E-state index contributed by atoms with van der Waals surface area (Å²) in [4.78, 5) is 15.7. The predicted molar refractivity (Wildman–Crippen MR) is 231 cm³/mol. The first-order chi connectivity index (χ1) is 27.8. The van der Waals surface area contributed by atoms with Gasteiger partial charge in [-0.3, -0.25) is 0 Å². The molecule has 8 aromatic carbocycles. The number of hydrogen-bond donors (Lipinski definition) is 0. The van der Waals surface area contributed by atoms with Gasteiger partial charge in [0.15, 0.2) is 17.5 Å². The van der Waals surface area contributed by atoms with E-state index in [2.05, 4.69) is 170 Å². The van der Waals surface area contributed by atoms with Gasteiger partial charge in [-0.1, -0.05) is 176 Å². The molecule has 0 fully saturated rings. The first kappa shape index (κ1) is 31.4. The molecular weight excluding hydrogens is 699 g/mol. The zero-order valence-electron chi connectivity index (χ0n) is 30.1. The van der Waals surface area contributed by atoms with Crippen LogP contribution in [-0.4, -0.2) is 15.0 Å². The summed E-state index contributed by atoms with van der Waals surface area (Å²) in [6.45, 7) is 0. The van der Waals surface area contributed by atoms with E-state index in [1.54, 1.807) is 11.3 Å². The van der Waals surface area contributed by atoms with Crippen molar-refractivity contribution in [2.45, 2.75) is 5.41 Å². The molecule has 2 heterocycles. The van der Waals surface area contributed by atoms with Gasteiger partial charge in [0.25, 0.3) is 0 Å². The van der Waals surface area contributed by atoms with Crippen molar-refractivity contribution in [3.05, 3.63) is 210 Å². The molecule has 2 aliphatic rings. The molecule has 2 aromatic heterocycles. The molecule has 260 valence electrons. The molecule has 0 saturated carbocycles. The second kappa shape index (κ2) is 12.0. The maximum absolute atomic E-state index is 5.30. The highest BCUT2D eigenvalue weighted by Crippen LogP contribution is 2.64. The van der Waals surface area contributed by atoms with Crippen LogP contribution in [0.2, 0.25) is 0 Å². The van der Waals surface area contributed by atoms with Gasteiger partial charge in [0.05, 0.1) is 5.41 Å². The van der Waals surface area contributed by atoms with Crippen LogP contribution in [0.4, 0.5) is 0 Å². The lowest BCUT2D eigenvalue weighted by atomic mass is 9.70. The van der Waals surface area contributed by atoms with Crippen molar-refractivity contribution < 1.29 is 0 Å². The van der Waals surface area contributed by atoms with Gasteiger partial charge in [-0.15, -0.1) is 11.3 Å². The van der Waals surface area contributed by atoms with E-state index in [4.69, 9.17) is 15.0 Å². The Morgan fingerprint density at radius 2 is 0.839 bits per heavy atom. The number of rotatable bonds is 4. The Morgan fingerprint density at radius 1 is 0.321 bits per heavy atom. The third-order valence-corrected chi connectivity index (χ3v) is 12.9. The third-order valence-electron chi connectivity index (χ3n) is 11.8. The van der Waals surface area contributed by atoms with E-state index < -0.39 is 5.41 Å². The van der Waals surface area contributed by atoms with Gasteiger partial charge >= 0.3 is 0 Å². The molecule has 0 aliphatic heterocycles. The number of fused-ring (bicyclic) bond motifs is 13. The van der Waals surface area contributed by atoms with E-state index >= 15 is 0 Å². The van der Waals surface area contributed by atoms with E-state index in [1.807, 2.05) is 18.2 Å². The second-order valence-electron chi connectivity index (χ2n) is 14.6. The van der Waals surface area contributed by atoms with Crippen LogP contribution < -0.4 is 0 Å². The quantitative estimate of drug-likeness (QED) is 0.181. The lowest BCUT2D eigenvalue weighted by Crippen LogP contribution is -2.25. The summed E-state index contributed by atoms with van der Waals surface area (Å²) in [5.41, 5.74) is 15.2. The van der Waals surface area contributed by atoms with Crippen molar-refractivity contribution in [2.75, 3.05) is 0 Å². The van der Waals surface area contributed by atoms with Gasteiger partial charge < -0.3 is 0 Å². The van der Waals surface area contributed by atoms with Crippen LogP contribution in [0.1, 0.15) is 22.3 Å². The third kappa shape index (κ3) is 4.36. The average molecular weight is 730 g/mol. The minimum atomic E-state index is -0.421. The van der Waals surface area contributed by atoms with Gasteiger partial charge in [-0.2, -0.15) is 0 Å². The van der Waals surface area contributed by atoms with Crippen LogP contribution in [0.3, 0.4) is 0 Å². The second-order valence-corrected chi connectivity index (χ2v) is 15.7. The van der Waals surface area contributed by atoms with Crippen molar-refractivity contribution in [3.63, 3.8) is 0 Å². The minimum absolute atomic E-state index is 0.421. The number of hydrogen-bond acceptors (Lipinski definition) is 4. The van der Waals surface area contributed by atoms with E-state index in [9.17, 15) is 0 Å². The van der Waals surface area contributed by atoms with Gasteiger partial charge in [0, 0.05) is 36.9 Å². The van der Waals surface area contributed by atoms with Crippen LogP contribution in [0.25, 0.3) is 87.7 Å². The zero-order chi connectivity index (χ0) is 36.8. The maximum atomic E-state index is 5.30. The van der Waals surface area contributed by atoms with E-state index in [-0.39, 0.29) is 0 Å². The topological polar surface area (TPSA) is 38.7 Å². The Hall–Kier alpha value is -7.01. The van der Waals surface area contributed by atoms with Crippen molar-refractivity contribution >= 4 is 31.5 Å². The monoisotopic (exact) mass is 729 g/mol. The fraction of sp³-hybridized carbons (Fsp3) is 0.0192. The summed E-state index contributed by atoms with van der Waals surface area (Å²) in [6.07, 6.45) is 0. The van der Waals surface area contributed by atoms with Gasteiger partial charge in [-0.25, -0.2) is 15.0 Å². The summed E-state index contributed by atoms with van der Waals surface area (Å²) in [5, 5.41) is 2.53. The molecule has 12 rings (SSSR count). The molecule has 1 spiro atoms. The molecule has 0 N–H and O–H groups in total.